The van der Waals surface area contributed by atoms with Crippen LogP contribution >= 0.6 is 0 Å². The number of anilines is 1. The SMILES string of the molecule is COc1ccc(C)cc1-c1[nH]c(C)nc1N. The first-order valence-corrected chi connectivity index (χ1v) is 5.09. The van der Waals surface area contributed by atoms with Gasteiger partial charge in [0, 0.05) is 5.56 Å². The number of nitrogens with zero attached hydrogens (tertiary/aromatic N) is 1. The monoisotopic (exact) mass is 217 g/mol. The highest BCUT2D eigenvalue weighted by atomic mass is 16.5. The van der Waals surface area contributed by atoms with Crippen LogP contribution < -0.4 is 10.5 Å². The number of nitrogens with one attached hydrogen (secondary N) is 1. The number of methoxy groups -OCH3 is 1. The number of ether oxygens (including phenoxy) is 1. The van der Waals surface area contributed by atoms with Crippen molar-refractivity contribution in [2.75, 3.05) is 12.8 Å². The lowest BCUT2D eigenvalue weighted by Crippen LogP contribution is -1.93. The van der Waals surface area contributed by atoms with Gasteiger partial charge in [-0.3, -0.25) is 0 Å². The number of aromatic nitrogens is 2. The number of H-pyrrole nitrogens is 1. The van der Waals surface area contributed by atoms with Crippen molar-refractivity contribution in [2.45, 2.75) is 13.8 Å². The summed E-state index contributed by atoms with van der Waals surface area (Å²) >= 11 is 0. The number of benzene rings is 1. The first-order chi connectivity index (χ1) is 7.61. The Morgan fingerprint density at radius 1 is 1.31 bits per heavy atom. The van der Waals surface area contributed by atoms with Crippen LogP contribution in [0.5, 0.6) is 5.75 Å². The van der Waals surface area contributed by atoms with Gasteiger partial charge in [0.1, 0.15) is 17.4 Å². The average Bonchev–Trinajstić information content (AvgIpc) is 2.57. The number of nitrogen functional groups attached to an aromatic ring is 1. The summed E-state index contributed by atoms with van der Waals surface area (Å²) in [4.78, 5) is 7.31. The number of rotatable bonds is 2. The van der Waals surface area contributed by atoms with E-state index in [-0.39, 0.29) is 0 Å². The van der Waals surface area contributed by atoms with Crippen LogP contribution in [0.4, 0.5) is 5.82 Å². The number of hydrogen-bond acceptors (Lipinski definition) is 3. The van der Waals surface area contributed by atoms with E-state index in [1.54, 1.807) is 7.11 Å². The molecule has 0 aliphatic rings. The first-order valence-electron chi connectivity index (χ1n) is 5.09. The lowest BCUT2D eigenvalue weighted by molar-refractivity contribution is 0.416. The molecule has 0 fully saturated rings. The van der Waals surface area contributed by atoms with Gasteiger partial charge in [-0.15, -0.1) is 0 Å². The summed E-state index contributed by atoms with van der Waals surface area (Å²) in [6, 6.07) is 5.96. The molecule has 0 spiro atoms. The molecule has 84 valence electrons. The molecule has 1 aromatic carbocycles. The third-order valence-electron chi connectivity index (χ3n) is 2.47. The summed E-state index contributed by atoms with van der Waals surface area (Å²) < 4.78 is 5.32. The third-order valence-corrected chi connectivity index (χ3v) is 2.47. The number of aryl methyl sites for hydroxylation is 2. The van der Waals surface area contributed by atoms with Crippen molar-refractivity contribution in [1.29, 1.82) is 0 Å². The van der Waals surface area contributed by atoms with Crippen molar-refractivity contribution in [1.82, 2.24) is 9.97 Å². The molecule has 0 amide bonds. The van der Waals surface area contributed by atoms with Gasteiger partial charge in [0.25, 0.3) is 0 Å². The normalized spacial score (nSPS) is 10.4. The lowest BCUT2D eigenvalue weighted by Gasteiger charge is -2.08. The molecule has 0 unspecified atom stereocenters. The van der Waals surface area contributed by atoms with Crippen LogP contribution in [0.3, 0.4) is 0 Å². The Kier molecular flexibility index (Phi) is 2.56. The highest BCUT2D eigenvalue weighted by molar-refractivity contribution is 5.76. The summed E-state index contributed by atoms with van der Waals surface area (Å²) in [5, 5.41) is 0. The summed E-state index contributed by atoms with van der Waals surface area (Å²) in [5.74, 6) is 2.10. The largest absolute Gasteiger partial charge is 0.496 e. The molecular formula is C12H15N3O. The minimum atomic E-state index is 0.501. The molecule has 0 radical (unpaired) electrons. The highest BCUT2D eigenvalue weighted by Crippen LogP contribution is 2.32. The molecule has 1 aromatic heterocycles. The minimum Gasteiger partial charge on any atom is -0.496 e. The molecule has 2 rings (SSSR count). The van der Waals surface area contributed by atoms with Crippen molar-refractivity contribution >= 4 is 5.82 Å². The maximum atomic E-state index is 5.85. The number of hydrogen-bond donors (Lipinski definition) is 2. The van der Waals surface area contributed by atoms with E-state index in [1.165, 1.54) is 0 Å². The Morgan fingerprint density at radius 2 is 2.06 bits per heavy atom. The van der Waals surface area contributed by atoms with Crippen molar-refractivity contribution in [2.24, 2.45) is 0 Å². The lowest BCUT2D eigenvalue weighted by atomic mass is 10.1. The number of nitrogens with two attached hydrogens (primary N) is 1. The zero-order valence-electron chi connectivity index (χ0n) is 9.66. The quantitative estimate of drug-likeness (QED) is 0.811. The molecule has 0 saturated heterocycles. The zero-order valence-corrected chi connectivity index (χ0v) is 9.66. The van der Waals surface area contributed by atoms with E-state index in [0.29, 0.717) is 5.82 Å². The molecule has 0 atom stereocenters. The Hall–Kier alpha value is -1.97. The van der Waals surface area contributed by atoms with Gasteiger partial charge in [0.05, 0.1) is 12.8 Å². The molecule has 0 bridgehead atoms. The van der Waals surface area contributed by atoms with Crippen molar-refractivity contribution < 1.29 is 4.74 Å². The second-order valence-corrected chi connectivity index (χ2v) is 3.79. The zero-order chi connectivity index (χ0) is 11.7. The van der Waals surface area contributed by atoms with Crippen LogP contribution in [0.1, 0.15) is 11.4 Å². The molecule has 0 aliphatic heterocycles. The van der Waals surface area contributed by atoms with E-state index in [4.69, 9.17) is 10.5 Å². The molecular weight excluding hydrogens is 202 g/mol. The van der Waals surface area contributed by atoms with Crippen molar-refractivity contribution in [3.05, 3.63) is 29.6 Å². The molecule has 0 aliphatic carbocycles. The molecule has 0 saturated carbocycles. The summed E-state index contributed by atoms with van der Waals surface area (Å²) in [5.41, 5.74) is 8.77. The van der Waals surface area contributed by atoms with Crippen LogP contribution in [0.25, 0.3) is 11.3 Å². The second-order valence-electron chi connectivity index (χ2n) is 3.79. The fourth-order valence-electron chi connectivity index (χ4n) is 1.73. The Labute approximate surface area is 94.5 Å². The molecule has 2 aromatic rings. The fourth-order valence-corrected chi connectivity index (χ4v) is 1.73. The Balaban J connectivity index is 2.62. The molecule has 1 heterocycles. The molecule has 3 N–H and O–H groups in total. The van der Waals surface area contributed by atoms with Crippen LogP contribution in [-0.2, 0) is 0 Å². The maximum absolute atomic E-state index is 5.85. The van der Waals surface area contributed by atoms with E-state index in [2.05, 4.69) is 9.97 Å². The van der Waals surface area contributed by atoms with E-state index < -0.39 is 0 Å². The van der Waals surface area contributed by atoms with E-state index >= 15 is 0 Å². The average molecular weight is 217 g/mol. The second kappa shape index (κ2) is 3.89. The molecule has 4 heteroatoms. The van der Waals surface area contributed by atoms with Crippen LogP contribution in [-0.4, -0.2) is 17.1 Å². The van der Waals surface area contributed by atoms with Gasteiger partial charge in [-0.05, 0) is 26.0 Å². The summed E-state index contributed by atoms with van der Waals surface area (Å²) in [6.45, 7) is 3.91. The Bertz CT molecular complexity index is 517. The molecule has 16 heavy (non-hydrogen) atoms. The first kappa shape index (κ1) is 10.5. The highest BCUT2D eigenvalue weighted by Gasteiger charge is 2.12. The summed E-state index contributed by atoms with van der Waals surface area (Å²) in [6.07, 6.45) is 0. The topological polar surface area (TPSA) is 63.9 Å². The fraction of sp³-hybridized carbons (Fsp3) is 0.250. The van der Waals surface area contributed by atoms with Gasteiger partial charge in [-0.1, -0.05) is 11.6 Å². The third kappa shape index (κ3) is 1.74. The molecule has 4 nitrogen and oxygen atoms in total. The van der Waals surface area contributed by atoms with Crippen LogP contribution in [0, 0.1) is 13.8 Å². The standard InChI is InChI=1S/C12H15N3O/c1-7-4-5-10(16-3)9(6-7)11-12(13)15-8(2)14-11/h4-6H,13H2,1-3H3,(H,14,15). The van der Waals surface area contributed by atoms with Crippen LogP contribution in [0.2, 0.25) is 0 Å². The van der Waals surface area contributed by atoms with Crippen LogP contribution in [0.15, 0.2) is 18.2 Å². The minimum absolute atomic E-state index is 0.501. The van der Waals surface area contributed by atoms with E-state index in [0.717, 1.165) is 28.4 Å². The van der Waals surface area contributed by atoms with E-state index in [9.17, 15) is 0 Å². The van der Waals surface area contributed by atoms with Gasteiger partial charge in [0.2, 0.25) is 0 Å². The predicted octanol–water partition coefficient (Wildman–Crippen LogP) is 2.28. The number of aromatic amines is 1. The predicted molar refractivity (Wildman–Crippen MR) is 64.5 cm³/mol. The van der Waals surface area contributed by atoms with Gasteiger partial charge in [-0.2, -0.15) is 0 Å². The van der Waals surface area contributed by atoms with Gasteiger partial charge in [0.15, 0.2) is 0 Å². The van der Waals surface area contributed by atoms with E-state index in [1.807, 2.05) is 32.0 Å². The number of imidazole rings is 1. The Morgan fingerprint density at radius 3 is 2.62 bits per heavy atom. The maximum Gasteiger partial charge on any atom is 0.150 e. The van der Waals surface area contributed by atoms with Gasteiger partial charge < -0.3 is 15.5 Å². The smallest absolute Gasteiger partial charge is 0.150 e. The van der Waals surface area contributed by atoms with Crippen molar-refractivity contribution in [3.8, 4) is 17.0 Å². The van der Waals surface area contributed by atoms with Crippen molar-refractivity contribution in [3.63, 3.8) is 0 Å². The summed E-state index contributed by atoms with van der Waals surface area (Å²) in [7, 11) is 1.65. The van der Waals surface area contributed by atoms with Gasteiger partial charge >= 0.3 is 0 Å². The van der Waals surface area contributed by atoms with Gasteiger partial charge in [-0.25, -0.2) is 4.98 Å².